The minimum Gasteiger partial charge on any atom is -0.502 e. The van der Waals surface area contributed by atoms with Crippen LogP contribution in [0.3, 0.4) is 0 Å². The monoisotopic (exact) mass is 460 g/mol. The molecule has 1 aliphatic carbocycles. The molecule has 1 aliphatic rings. The van der Waals surface area contributed by atoms with Crippen molar-refractivity contribution in [3.8, 4) is 23.3 Å². The first kappa shape index (κ1) is 23.2. The molecule has 1 aromatic heterocycles. The Bertz CT molecular complexity index is 1190. The molecule has 0 saturated heterocycles. The summed E-state index contributed by atoms with van der Waals surface area (Å²) in [5, 5.41) is 22.6. The molecule has 0 radical (unpaired) electrons. The Morgan fingerprint density at radius 3 is 2.47 bits per heavy atom. The first-order valence-electron chi connectivity index (χ1n) is 11.2. The fraction of sp³-hybridized carbons (Fsp3) is 0.333. The van der Waals surface area contributed by atoms with Crippen LogP contribution in [0.1, 0.15) is 53.2 Å². The maximum absolute atomic E-state index is 12.8. The lowest BCUT2D eigenvalue weighted by atomic mass is 9.83. The van der Waals surface area contributed by atoms with Gasteiger partial charge in [0, 0.05) is 6.42 Å². The predicted octanol–water partition coefficient (Wildman–Crippen LogP) is 4.64. The largest absolute Gasteiger partial charge is 0.502 e. The molecule has 2 N–H and O–H groups in total. The van der Waals surface area contributed by atoms with Gasteiger partial charge in [0.15, 0.2) is 11.5 Å². The summed E-state index contributed by atoms with van der Waals surface area (Å²) < 4.78 is 15.9. The molecule has 7 heteroatoms. The zero-order valence-corrected chi connectivity index (χ0v) is 19.5. The molecule has 4 rings (SSSR count). The molecule has 34 heavy (non-hydrogen) atoms. The van der Waals surface area contributed by atoms with Crippen molar-refractivity contribution < 1.29 is 23.8 Å². The number of carbonyl (C=O) groups is 1. The standard InChI is InChI=1S/C27H28N2O5/c1-16-21(10-18-11-24(32-2)27(31)25(12-18)33-3)20-7-6-17(14-28)9-23(20)22(16)13-26(30)29-15-19-5-4-8-34-19/h4-9,11-12,16,21-22,31H,10,13,15H2,1-3H3,(H,29,30). The molecule has 3 aromatic rings. The highest BCUT2D eigenvalue weighted by Crippen LogP contribution is 2.50. The number of ether oxygens (including phenoxy) is 2. The third kappa shape index (κ3) is 4.58. The zero-order chi connectivity index (χ0) is 24.2. The van der Waals surface area contributed by atoms with Crippen molar-refractivity contribution in [2.75, 3.05) is 14.2 Å². The van der Waals surface area contributed by atoms with Crippen LogP contribution in [0.4, 0.5) is 0 Å². The van der Waals surface area contributed by atoms with Crippen LogP contribution in [0.15, 0.2) is 53.1 Å². The van der Waals surface area contributed by atoms with E-state index in [4.69, 9.17) is 13.9 Å². The van der Waals surface area contributed by atoms with E-state index in [9.17, 15) is 15.2 Å². The SMILES string of the molecule is COc1cc(CC2c3ccc(C#N)cc3C(CC(=O)NCc3ccco3)C2C)cc(OC)c1O. The molecule has 3 atom stereocenters. The number of nitrogens with zero attached hydrogens (tertiary/aromatic N) is 1. The Kier molecular flexibility index (Phi) is 6.78. The quantitative estimate of drug-likeness (QED) is 0.507. The van der Waals surface area contributed by atoms with E-state index in [1.54, 1.807) is 12.3 Å². The van der Waals surface area contributed by atoms with Crippen LogP contribution in [0, 0.1) is 17.2 Å². The number of hydrogen-bond acceptors (Lipinski definition) is 6. The van der Waals surface area contributed by atoms with Gasteiger partial charge in [0.05, 0.1) is 38.7 Å². The lowest BCUT2D eigenvalue weighted by molar-refractivity contribution is -0.121. The normalized spacial score (nSPS) is 18.7. The average molecular weight is 461 g/mol. The Balaban J connectivity index is 1.60. The Labute approximate surface area is 198 Å². The van der Waals surface area contributed by atoms with Crippen LogP contribution >= 0.6 is 0 Å². The van der Waals surface area contributed by atoms with Crippen LogP contribution in [-0.4, -0.2) is 25.2 Å². The van der Waals surface area contributed by atoms with E-state index in [0.29, 0.717) is 42.2 Å². The third-order valence-corrected chi connectivity index (χ3v) is 6.72. The fourth-order valence-electron chi connectivity index (χ4n) is 4.93. The Hall–Kier alpha value is -3.92. The maximum atomic E-state index is 12.8. The number of benzene rings is 2. The molecule has 176 valence electrons. The van der Waals surface area contributed by atoms with Crippen molar-refractivity contribution in [1.29, 1.82) is 5.26 Å². The van der Waals surface area contributed by atoms with E-state index >= 15 is 0 Å². The van der Waals surface area contributed by atoms with Crippen LogP contribution in [0.2, 0.25) is 0 Å². The number of amides is 1. The topological polar surface area (TPSA) is 105 Å². The van der Waals surface area contributed by atoms with Crippen molar-refractivity contribution in [3.05, 3.63) is 76.7 Å². The van der Waals surface area contributed by atoms with E-state index in [0.717, 1.165) is 16.7 Å². The number of nitriles is 1. The number of fused-ring (bicyclic) bond motifs is 1. The van der Waals surface area contributed by atoms with Crippen LogP contribution in [-0.2, 0) is 17.8 Å². The molecule has 3 unspecified atom stereocenters. The number of furan rings is 1. The third-order valence-electron chi connectivity index (χ3n) is 6.72. The summed E-state index contributed by atoms with van der Waals surface area (Å²) in [6, 6.07) is 15.2. The summed E-state index contributed by atoms with van der Waals surface area (Å²) in [6.45, 7) is 2.49. The van der Waals surface area contributed by atoms with Gasteiger partial charge in [0.1, 0.15) is 5.76 Å². The Morgan fingerprint density at radius 2 is 1.85 bits per heavy atom. The summed E-state index contributed by atoms with van der Waals surface area (Å²) in [6.07, 6.45) is 2.58. The van der Waals surface area contributed by atoms with Crippen molar-refractivity contribution >= 4 is 5.91 Å². The van der Waals surface area contributed by atoms with Gasteiger partial charge in [-0.15, -0.1) is 0 Å². The number of rotatable bonds is 8. The summed E-state index contributed by atoms with van der Waals surface area (Å²) >= 11 is 0. The molecule has 2 aromatic carbocycles. The van der Waals surface area contributed by atoms with E-state index in [2.05, 4.69) is 18.3 Å². The van der Waals surface area contributed by atoms with Crippen molar-refractivity contribution in [2.45, 2.75) is 38.1 Å². The smallest absolute Gasteiger partial charge is 0.220 e. The van der Waals surface area contributed by atoms with Crippen molar-refractivity contribution in [2.24, 2.45) is 5.92 Å². The first-order chi connectivity index (χ1) is 16.4. The predicted molar refractivity (Wildman–Crippen MR) is 126 cm³/mol. The van der Waals surface area contributed by atoms with E-state index < -0.39 is 0 Å². The number of phenols is 1. The molecule has 0 saturated carbocycles. The van der Waals surface area contributed by atoms with Gasteiger partial charge in [0.25, 0.3) is 0 Å². The number of methoxy groups -OCH3 is 2. The van der Waals surface area contributed by atoms with Gasteiger partial charge < -0.3 is 24.3 Å². The van der Waals surface area contributed by atoms with Gasteiger partial charge in [-0.2, -0.15) is 5.26 Å². The molecular weight excluding hydrogens is 432 g/mol. The fourth-order valence-corrected chi connectivity index (χ4v) is 4.93. The molecule has 7 nitrogen and oxygen atoms in total. The minimum absolute atomic E-state index is 0.0224. The molecule has 1 heterocycles. The van der Waals surface area contributed by atoms with E-state index in [-0.39, 0.29) is 29.4 Å². The highest BCUT2D eigenvalue weighted by Gasteiger charge is 2.39. The summed E-state index contributed by atoms with van der Waals surface area (Å²) in [5.74, 6) is 1.59. The summed E-state index contributed by atoms with van der Waals surface area (Å²) in [4.78, 5) is 12.8. The second-order valence-corrected chi connectivity index (χ2v) is 8.64. The molecule has 1 amide bonds. The lowest BCUT2D eigenvalue weighted by Gasteiger charge is -2.22. The highest BCUT2D eigenvalue weighted by atomic mass is 16.5. The lowest BCUT2D eigenvalue weighted by Crippen LogP contribution is -2.25. The maximum Gasteiger partial charge on any atom is 0.220 e. The highest BCUT2D eigenvalue weighted by molar-refractivity contribution is 5.77. The Morgan fingerprint density at radius 1 is 1.12 bits per heavy atom. The minimum atomic E-state index is -0.0600. The second kappa shape index (κ2) is 9.92. The molecule has 0 spiro atoms. The van der Waals surface area contributed by atoms with Crippen LogP contribution in [0.5, 0.6) is 17.2 Å². The zero-order valence-electron chi connectivity index (χ0n) is 19.5. The average Bonchev–Trinajstić information content (AvgIpc) is 3.46. The number of carbonyl (C=O) groups excluding carboxylic acids is 1. The van der Waals surface area contributed by atoms with Gasteiger partial charge in [0.2, 0.25) is 11.7 Å². The number of phenolic OH excluding ortho intramolecular Hbond substituents is 1. The number of aromatic hydroxyl groups is 1. The van der Waals surface area contributed by atoms with Gasteiger partial charge in [-0.1, -0.05) is 13.0 Å². The number of hydrogen-bond donors (Lipinski definition) is 2. The summed E-state index contributed by atoms with van der Waals surface area (Å²) in [5.41, 5.74) is 3.73. The van der Waals surface area contributed by atoms with E-state index in [1.807, 2.05) is 36.4 Å². The van der Waals surface area contributed by atoms with Gasteiger partial charge in [-0.05, 0) is 77.3 Å². The van der Waals surface area contributed by atoms with Gasteiger partial charge in [-0.25, -0.2) is 0 Å². The number of nitrogens with one attached hydrogen (secondary N) is 1. The summed E-state index contributed by atoms with van der Waals surface area (Å²) in [7, 11) is 3.01. The van der Waals surface area contributed by atoms with Crippen LogP contribution < -0.4 is 14.8 Å². The molecule has 0 fully saturated rings. The first-order valence-corrected chi connectivity index (χ1v) is 11.2. The van der Waals surface area contributed by atoms with Crippen molar-refractivity contribution in [3.63, 3.8) is 0 Å². The second-order valence-electron chi connectivity index (χ2n) is 8.64. The molecular formula is C27H28N2O5. The van der Waals surface area contributed by atoms with Gasteiger partial charge >= 0.3 is 0 Å². The molecule has 0 bridgehead atoms. The van der Waals surface area contributed by atoms with Crippen LogP contribution in [0.25, 0.3) is 0 Å². The van der Waals surface area contributed by atoms with Crippen molar-refractivity contribution in [1.82, 2.24) is 5.32 Å². The molecule has 0 aliphatic heterocycles. The van der Waals surface area contributed by atoms with E-state index in [1.165, 1.54) is 14.2 Å². The van der Waals surface area contributed by atoms with Gasteiger partial charge in [-0.3, -0.25) is 4.79 Å².